The number of nitrogens with one attached hydrogen (secondary N) is 1. The summed E-state index contributed by atoms with van der Waals surface area (Å²) in [6.45, 7) is 0.0997. The van der Waals surface area contributed by atoms with Gasteiger partial charge in [-0.3, -0.25) is 0 Å². The minimum atomic E-state index is -3.58. The SMILES string of the molecule is Nc1nc(CNS(=O)(=O)c2cccc(Cl)c2)cs1. The molecule has 5 nitrogen and oxygen atoms in total. The highest BCUT2D eigenvalue weighted by atomic mass is 35.5. The summed E-state index contributed by atoms with van der Waals surface area (Å²) in [5.41, 5.74) is 6.05. The molecule has 2 aromatic rings. The van der Waals surface area contributed by atoms with E-state index in [2.05, 4.69) is 9.71 Å². The predicted octanol–water partition coefficient (Wildman–Crippen LogP) is 1.86. The van der Waals surface area contributed by atoms with E-state index in [1.165, 1.54) is 23.5 Å². The highest BCUT2D eigenvalue weighted by Crippen LogP contribution is 2.16. The first-order chi connectivity index (χ1) is 8.47. The minimum absolute atomic E-state index is 0.0997. The van der Waals surface area contributed by atoms with Crippen molar-refractivity contribution in [3.8, 4) is 0 Å². The molecule has 1 aromatic heterocycles. The number of hydrogen-bond acceptors (Lipinski definition) is 5. The van der Waals surface area contributed by atoms with Gasteiger partial charge >= 0.3 is 0 Å². The summed E-state index contributed by atoms with van der Waals surface area (Å²) >= 11 is 7.02. The van der Waals surface area contributed by atoms with Gasteiger partial charge in [0.25, 0.3) is 0 Å². The topological polar surface area (TPSA) is 85.1 Å². The molecule has 1 aromatic carbocycles. The molecule has 8 heteroatoms. The first-order valence-corrected chi connectivity index (χ1v) is 7.66. The molecule has 0 aliphatic heterocycles. The molecule has 0 fully saturated rings. The highest BCUT2D eigenvalue weighted by Gasteiger charge is 2.14. The number of anilines is 1. The molecule has 0 unspecified atom stereocenters. The molecule has 0 atom stereocenters. The summed E-state index contributed by atoms with van der Waals surface area (Å²) in [6.07, 6.45) is 0. The van der Waals surface area contributed by atoms with Crippen LogP contribution in [0.5, 0.6) is 0 Å². The zero-order chi connectivity index (χ0) is 13.2. The maximum absolute atomic E-state index is 11.9. The number of hydrogen-bond donors (Lipinski definition) is 2. The molecule has 0 amide bonds. The fourth-order valence-electron chi connectivity index (χ4n) is 1.29. The lowest BCUT2D eigenvalue weighted by molar-refractivity contribution is 0.580. The zero-order valence-electron chi connectivity index (χ0n) is 9.13. The van der Waals surface area contributed by atoms with Gasteiger partial charge in [0, 0.05) is 10.4 Å². The molecule has 1 heterocycles. The molecule has 0 radical (unpaired) electrons. The van der Waals surface area contributed by atoms with E-state index >= 15 is 0 Å². The third kappa shape index (κ3) is 3.20. The highest BCUT2D eigenvalue weighted by molar-refractivity contribution is 7.89. The molecular weight excluding hydrogens is 294 g/mol. The van der Waals surface area contributed by atoms with Crippen molar-refractivity contribution in [3.05, 3.63) is 40.4 Å². The molecular formula is C10H10ClN3O2S2. The average Bonchev–Trinajstić information content (AvgIpc) is 2.73. The Morgan fingerprint density at radius 2 is 2.22 bits per heavy atom. The van der Waals surface area contributed by atoms with Crippen LogP contribution in [0, 0.1) is 0 Å². The van der Waals surface area contributed by atoms with Gasteiger partial charge in [0.05, 0.1) is 17.1 Å². The van der Waals surface area contributed by atoms with Crippen LogP contribution < -0.4 is 10.5 Å². The minimum Gasteiger partial charge on any atom is -0.375 e. The molecule has 2 rings (SSSR count). The second-order valence-electron chi connectivity index (χ2n) is 3.46. The third-order valence-corrected chi connectivity index (χ3v) is 4.48. The van der Waals surface area contributed by atoms with E-state index in [-0.39, 0.29) is 11.4 Å². The van der Waals surface area contributed by atoms with Crippen LogP contribution in [0.25, 0.3) is 0 Å². The van der Waals surface area contributed by atoms with E-state index in [0.717, 1.165) is 0 Å². The second kappa shape index (κ2) is 5.23. The van der Waals surface area contributed by atoms with Gasteiger partial charge in [-0.1, -0.05) is 17.7 Å². The maximum Gasteiger partial charge on any atom is 0.240 e. The van der Waals surface area contributed by atoms with Crippen LogP contribution in [0.1, 0.15) is 5.69 Å². The van der Waals surface area contributed by atoms with Crippen molar-refractivity contribution in [2.24, 2.45) is 0 Å². The Morgan fingerprint density at radius 1 is 1.44 bits per heavy atom. The number of nitrogens with two attached hydrogens (primary N) is 1. The van der Waals surface area contributed by atoms with Gasteiger partial charge in [0.1, 0.15) is 0 Å². The fourth-order valence-corrected chi connectivity index (χ4v) is 3.15. The molecule has 18 heavy (non-hydrogen) atoms. The lowest BCUT2D eigenvalue weighted by Crippen LogP contribution is -2.23. The number of aromatic nitrogens is 1. The monoisotopic (exact) mass is 303 g/mol. The van der Waals surface area contributed by atoms with Crippen LogP contribution in [0.4, 0.5) is 5.13 Å². The normalized spacial score (nSPS) is 11.6. The number of nitrogens with zero attached hydrogens (tertiary/aromatic N) is 1. The van der Waals surface area contributed by atoms with E-state index in [4.69, 9.17) is 17.3 Å². The van der Waals surface area contributed by atoms with E-state index in [0.29, 0.717) is 15.8 Å². The van der Waals surface area contributed by atoms with Crippen molar-refractivity contribution in [2.45, 2.75) is 11.4 Å². The van der Waals surface area contributed by atoms with Crippen LogP contribution in [0.2, 0.25) is 5.02 Å². The predicted molar refractivity (Wildman–Crippen MR) is 72.0 cm³/mol. The quantitative estimate of drug-likeness (QED) is 0.903. The van der Waals surface area contributed by atoms with Crippen molar-refractivity contribution in [3.63, 3.8) is 0 Å². The number of halogens is 1. The number of sulfonamides is 1. The largest absolute Gasteiger partial charge is 0.375 e. The number of rotatable bonds is 4. The Labute approximate surface area is 114 Å². The summed E-state index contributed by atoms with van der Waals surface area (Å²) in [7, 11) is -3.58. The summed E-state index contributed by atoms with van der Waals surface area (Å²) in [4.78, 5) is 4.09. The molecule has 0 aliphatic rings. The van der Waals surface area contributed by atoms with Crippen molar-refractivity contribution < 1.29 is 8.42 Å². The van der Waals surface area contributed by atoms with Crippen molar-refractivity contribution >= 4 is 38.1 Å². The van der Waals surface area contributed by atoms with Crippen molar-refractivity contribution in [1.82, 2.24) is 9.71 Å². The molecule has 0 saturated carbocycles. The van der Waals surface area contributed by atoms with E-state index < -0.39 is 10.0 Å². The Balaban J connectivity index is 2.13. The number of benzene rings is 1. The van der Waals surface area contributed by atoms with Gasteiger partial charge in [-0.25, -0.2) is 18.1 Å². The lowest BCUT2D eigenvalue weighted by atomic mass is 10.4. The second-order valence-corrected chi connectivity index (χ2v) is 6.55. The number of nitrogen functional groups attached to an aromatic ring is 1. The van der Waals surface area contributed by atoms with Crippen molar-refractivity contribution in [1.29, 1.82) is 0 Å². The third-order valence-electron chi connectivity index (χ3n) is 2.12. The Morgan fingerprint density at radius 3 is 2.83 bits per heavy atom. The zero-order valence-corrected chi connectivity index (χ0v) is 11.5. The molecule has 0 spiro atoms. The first-order valence-electron chi connectivity index (χ1n) is 4.92. The first kappa shape index (κ1) is 13.3. The fraction of sp³-hybridized carbons (Fsp3) is 0.100. The average molecular weight is 304 g/mol. The van der Waals surface area contributed by atoms with E-state index in [9.17, 15) is 8.42 Å². The van der Waals surface area contributed by atoms with Gasteiger partial charge in [0.15, 0.2) is 5.13 Å². The smallest absolute Gasteiger partial charge is 0.240 e. The van der Waals surface area contributed by atoms with Gasteiger partial charge in [0.2, 0.25) is 10.0 Å². The van der Waals surface area contributed by atoms with E-state index in [1.54, 1.807) is 17.5 Å². The molecule has 0 aliphatic carbocycles. The van der Waals surface area contributed by atoms with Gasteiger partial charge in [-0.05, 0) is 18.2 Å². The molecule has 0 bridgehead atoms. The summed E-state index contributed by atoms with van der Waals surface area (Å²) in [6, 6.07) is 6.06. The molecule has 0 saturated heterocycles. The van der Waals surface area contributed by atoms with Crippen LogP contribution >= 0.6 is 22.9 Å². The summed E-state index contributed by atoms with van der Waals surface area (Å²) in [5, 5.41) is 2.48. The summed E-state index contributed by atoms with van der Waals surface area (Å²) in [5.74, 6) is 0. The van der Waals surface area contributed by atoms with E-state index in [1.807, 2.05) is 0 Å². The van der Waals surface area contributed by atoms with Gasteiger partial charge < -0.3 is 5.73 Å². The molecule has 3 N–H and O–H groups in total. The maximum atomic E-state index is 11.9. The van der Waals surface area contributed by atoms with Crippen LogP contribution in [-0.2, 0) is 16.6 Å². The Hall–Kier alpha value is -1.15. The molecule has 96 valence electrons. The Bertz CT molecular complexity index is 655. The summed E-state index contributed by atoms with van der Waals surface area (Å²) < 4.78 is 26.3. The number of thiazole rings is 1. The standard InChI is InChI=1S/C10H10ClN3O2S2/c11-7-2-1-3-9(4-7)18(15,16)13-5-8-6-17-10(12)14-8/h1-4,6,13H,5H2,(H2,12,14). The van der Waals surface area contributed by atoms with Crippen LogP contribution in [0.3, 0.4) is 0 Å². The lowest BCUT2D eigenvalue weighted by Gasteiger charge is -2.05. The van der Waals surface area contributed by atoms with Crippen LogP contribution in [-0.4, -0.2) is 13.4 Å². The van der Waals surface area contributed by atoms with Crippen LogP contribution in [0.15, 0.2) is 34.5 Å². The van der Waals surface area contributed by atoms with Gasteiger partial charge in [-0.2, -0.15) is 0 Å². The van der Waals surface area contributed by atoms with Gasteiger partial charge in [-0.15, -0.1) is 11.3 Å². The Kier molecular flexibility index (Phi) is 3.86. The van der Waals surface area contributed by atoms with Crippen molar-refractivity contribution in [2.75, 3.05) is 5.73 Å².